The molecule has 1 fully saturated rings. The summed E-state index contributed by atoms with van der Waals surface area (Å²) in [7, 11) is -1.54. The van der Waals surface area contributed by atoms with Crippen LogP contribution in [0.25, 0.3) is 0 Å². The highest BCUT2D eigenvalue weighted by atomic mass is 32.2. The van der Waals surface area contributed by atoms with Gasteiger partial charge in [-0.15, -0.1) is 0 Å². The van der Waals surface area contributed by atoms with Crippen molar-refractivity contribution in [3.8, 4) is 0 Å². The molecule has 0 unspecified atom stereocenters. The molecular weight excluding hydrogens is 294 g/mol. The number of amides is 2. The van der Waals surface area contributed by atoms with Gasteiger partial charge < -0.3 is 10.2 Å². The zero-order valence-electron chi connectivity index (χ0n) is 13.1. The lowest BCUT2D eigenvalue weighted by atomic mass is 10.1. The average Bonchev–Trinajstić information content (AvgIpc) is 2.67. The van der Waals surface area contributed by atoms with Crippen molar-refractivity contribution in [3.05, 3.63) is 0 Å². The third kappa shape index (κ3) is 5.28. The quantitative estimate of drug-likeness (QED) is 0.649. The molecule has 0 aromatic heterocycles. The van der Waals surface area contributed by atoms with Crippen LogP contribution in [-0.4, -0.2) is 68.4 Å². The molecule has 21 heavy (non-hydrogen) atoms. The molecule has 0 aromatic rings. The predicted octanol–water partition coefficient (Wildman–Crippen LogP) is -0.359. The fraction of sp³-hybridized carbons (Fsp3) is 0.846. The van der Waals surface area contributed by atoms with E-state index >= 15 is 0 Å². The van der Waals surface area contributed by atoms with Gasteiger partial charge >= 0.3 is 0 Å². The zero-order valence-corrected chi connectivity index (χ0v) is 13.9. The number of hydrogen-bond donors (Lipinski definition) is 1. The lowest BCUT2D eigenvalue weighted by Crippen LogP contribution is -2.39. The van der Waals surface area contributed by atoms with Crippen molar-refractivity contribution in [2.24, 2.45) is 5.92 Å². The average molecular weight is 319 g/mol. The Morgan fingerprint density at radius 3 is 2.52 bits per heavy atom. The van der Waals surface area contributed by atoms with Crippen LogP contribution >= 0.6 is 0 Å². The van der Waals surface area contributed by atoms with Gasteiger partial charge in [-0.2, -0.15) is 4.31 Å². The largest absolute Gasteiger partial charge is 0.356 e. The first-order valence-corrected chi connectivity index (χ1v) is 8.96. The molecule has 0 saturated carbocycles. The third-order valence-corrected chi connectivity index (χ3v) is 5.02. The lowest BCUT2D eigenvalue weighted by Gasteiger charge is -2.23. The van der Waals surface area contributed by atoms with Crippen molar-refractivity contribution in [1.29, 1.82) is 0 Å². The van der Waals surface area contributed by atoms with Gasteiger partial charge in [-0.1, -0.05) is 0 Å². The molecule has 0 radical (unpaired) electrons. The normalized spacial score (nSPS) is 19.6. The molecule has 0 spiro atoms. The van der Waals surface area contributed by atoms with Crippen LogP contribution in [0.5, 0.6) is 0 Å². The van der Waals surface area contributed by atoms with E-state index in [0.717, 1.165) is 0 Å². The molecule has 1 saturated heterocycles. The number of sulfonamides is 1. The summed E-state index contributed by atoms with van der Waals surface area (Å²) in [5.41, 5.74) is 0. The van der Waals surface area contributed by atoms with E-state index in [1.807, 2.05) is 13.8 Å². The van der Waals surface area contributed by atoms with Crippen molar-refractivity contribution in [2.45, 2.75) is 32.7 Å². The lowest BCUT2D eigenvalue weighted by molar-refractivity contribution is -0.128. The summed E-state index contributed by atoms with van der Waals surface area (Å²) in [6.07, 6.45) is 1.99. The van der Waals surface area contributed by atoms with Crippen LogP contribution in [0.15, 0.2) is 0 Å². The Kier molecular flexibility index (Phi) is 6.15. The van der Waals surface area contributed by atoms with E-state index in [1.54, 1.807) is 11.9 Å². The fourth-order valence-electron chi connectivity index (χ4n) is 2.44. The van der Waals surface area contributed by atoms with Gasteiger partial charge in [-0.25, -0.2) is 8.42 Å². The van der Waals surface area contributed by atoms with Crippen LogP contribution in [0.4, 0.5) is 0 Å². The van der Waals surface area contributed by atoms with E-state index < -0.39 is 10.0 Å². The minimum atomic E-state index is -3.23. The van der Waals surface area contributed by atoms with Crippen molar-refractivity contribution in [3.63, 3.8) is 0 Å². The Balaban J connectivity index is 2.34. The SMILES string of the molecule is CC(C)N(CCCNC(=O)[C@@H]1CC(=O)N(C)C1)S(C)(=O)=O. The summed E-state index contributed by atoms with van der Waals surface area (Å²) in [5.74, 6) is -0.444. The maximum Gasteiger partial charge on any atom is 0.225 e. The summed E-state index contributed by atoms with van der Waals surface area (Å²) in [6.45, 7) is 4.87. The standard InChI is InChI=1S/C13H25N3O4S/c1-10(2)16(21(4,19)20)7-5-6-14-13(18)11-8-12(17)15(3)9-11/h10-11H,5-9H2,1-4H3,(H,14,18)/t11-/m1/s1. The number of nitrogens with zero attached hydrogens (tertiary/aromatic N) is 2. The molecule has 1 rings (SSSR count). The number of likely N-dealkylation sites (tertiary alicyclic amines) is 1. The molecule has 0 aromatic carbocycles. The first kappa shape index (κ1) is 17.9. The van der Waals surface area contributed by atoms with E-state index in [2.05, 4.69) is 5.32 Å². The van der Waals surface area contributed by atoms with Gasteiger partial charge in [0.2, 0.25) is 21.8 Å². The summed E-state index contributed by atoms with van der Waals surface area (Å²) in [5, 5.41) is 2.77. The summed E-state index contributed by atoms with van der Waals surface area (Å²) in [6, 6.07) is -0.100. The molecule has 1 aliphatic rings. The predicted molar refractivity (Wildman–Crippen MR) is 80.1 cm³/mol. The van der Waals surface area contributed by atoms with Crippen molar-refractivity contribution < 1.29 is 18.0 Å². The van der Waals surface area contributed by atoms with Gasteiger partial charge in [0.05, 0.1) is 12.2 Å². The first-order valence-electron chi connectivity index (χ1n) is 7.11. The Hall–Kier alpha value is -1.15. The molecule has 1 N–H and O–H groups in total. The van der Waals surface area contributed by atoms with E-state index in [-0.39, 0.29) is 30.2 Å². The van der Waals surface area contributed by atoms with Crippen molar-refractivity contribution >= 4 is 21.8 Å². The van der Waals surface area contributed by atoms with E-state index in [0.29, 0.717) is 26.1 Å². The second kappa shape index (κ2) is 7.22. The highest BCUT2D eigenvalue weighted by molar-refractivity contribution is 7.88. The molecule has 0 aliphatic carbocycles. The molecule has 8 heteroatoms. The van der Waals surface area contributed by atoms with Gasteiger partial charge in [0.15, 0.2) is 0 Å². The minimum absolute atomic E-state index is 0.0155. The Bertz CT molecular complexity index is 490. The number of rotatable bonds is 7. The van der Waals surface area contributed by atoms with Crippen LogP contribution in [0.1, 0.15) is 26.7 Å². The minimum Gasteiger partial charge on any atom is -0.356 e. The van der Waals surface area contributed by atoms with Gasteiger partial charge in [0.25, 0.3) is 0 Å². The number of nitrogens with one attached hydrogen (secondary N) is 1. The van der Waals surface area contributed by atoms with E-state index in [4.69, 9.17) is 0 Å². The van der Waals surface area contributed by atoms with E-state index in [1.165, 1.54) is 10.6 Å². The van der Waals surface area contributed by atoms with Crippen molar-refractivity contribution in [1.82, 2.24) is 14.5 Å². The Morgan fingerprint density at radius 1 is 1.48 bits per heavy atom. The molecule has 7 nitrogen and oxygen atoms in total. The van der Waals surface area contributed by atoms with Crippen LogP contribution in [0, 0.1) is 5.92 Å². The van der Waals surface area contributed by atoms with Crippen molar-refractivity contribution in [2.75, 3.05) is 32.9 Å². The van der Waals surface area contributed by atoms with Gasteiger partial charge in [-0.05, 0) is 20.3 Å². The Morgan fingerprint density at radius 2 is 2.10 bits per heavy atom. The molecule has 1 heterocycles. The highest BCUT2D eigenvalue weighted by Gasteiger charge is 2.31. The molecule has 122 valence electrons. The summed E-state index contributed by atoms with van der Waals surface area (Å²) < 4.78 is 24.6. The third-order valence-electron chi connectivity index (χ3n) is 3.57. The van der Waals surface area contributed by atoms with Gasteiger partial charge in [0.1, 0.15) is 0 Å². The topological polar surface area (TPSA) is 86.8 Å². The Labute approximate surface area is 126 Å². The van der Waals surface area contributed by atoms with Gasteiger partial charge in [0, 0.05) is 39.1 Å². The summed E-state index contributed by atoms with van der Waals surface area (Å²) in [4.78, 5) is 24.8. The molecule has 1 aliphatic heterocycles. The van der Waals surface area contributed by atoms with Crippen LogP contribution in [-0.2, 0) is 19.6 Å². The van der Waals surface area contributed by atoms with Crippen LogP contribution < -0.4 is 5.32 Å². The maximum atomic E-state index is 11.9. The number of hydrogen-bond acceptors (Lipinski definition) is 4. The first-order chi connectivity index (χ1) is 9.62. The van der Waals surface area contributed by atoms with Crippen LogP contribution in [0.3, 0.4) is 0 Å². The summed E-state index contributed by atoms with van der Waals surface area (Å²) >= 11 is 0. The second-order valence-electron chi connectivity index (χ2n) is 5.79. The van der Waals surface area contributed by atoms with Crippen LogP contribution in [0.2, 0.25) is 0 Å². The molecular formula is C13H25N3O4S. The molecule has 1 atom stereocenters. The second-order valence-corrected chi connectivity index (χ2v) is 7.72. The smallest absolute Gasteiger partial charge is 0.225 e. The van der Waals surface area contributed by atoms with Gasteiger partial charge in [-0.3, -0.25) is 9.59 Å². The maximum absolute atomic E-state index is 11.9. The number of carbonyl (C=O) groups is 2. The fourth-order valence-corrected chi connectivity index (χ4v) is 3.66. The monoisotopic (exact) mass is 319 g/mol. The van der Waals surface area contributed by atoms with E-state index in [9.17, 15) is 18.0 Å². The number of carbonyl (C=O) groups excluding carboxylic acids is 2. The molecule has 0 bridgehead atoms. The highest BCUT2D eigenvalue weighted by Crippen LogP contribution is 2.15. The molecule has 2 amide bonds. The zero-order chi connectivity index (χ0) is 16.2.